The van der Waals surface area contributed by atoms with Crippen molar-refractivity contribution in [3.8, 4) is 5.75 Å². The summed E-state index contributed by atoms with van der Waals surface area (Å²) in [6.45, 7) is 8.30. The highest BCUT2D eigenvalue weighted by atomic mass is 16.5. The summed E-state index contributed by atoms with van der Waals surface area (Å²) in [6.07, 6.45) is 2.39. The fourth-order valence-corrected chi connectivity index (χ4v) is 3.04. The zero-order chi connectivity index (χ0) is 16.8. The van der Waals surface area contributed by atoms with Gasteiger partial charge in [-0.25, -0.2) is 0 Å². The van der Waals surface area contributed by atoms with E-state index in [1.165, 1.54) is 18.4 Å². The largest absolute Gasteiger partial charge is 0.492 e. The summed E-state index contributed by atoms with van der Waals surface area (Å²) in [5.74, 6) is 2.33. The van der Waals surface area contributed by atoms with E-state index in [9.17, 15) is 0 Å². The first-order chi connectivity index (χ1) is 11.7. The Morgan fingerprint density at radius 1 is 1.29 bits per heavy atom. The van der Waals surface area contributed by atoms with Gasteiger partial charge in [0.2, 0.25) is 5.89 Å². The fraction of sp³-hybridized carbons (Fsp3) is 0.556. The highest BCUT2D eigenvalue weighted by molar-refractivity contribution is 5.26. The number of hydrogen-bond acceptors (Lipinski definition) is 6. The molecule has 24 heavy (non-hydrogen) atoms. The number of likely N-dealkylation sites (tertiary alicyclic amines) is 1. The minimum absolute atomic E-state index is 0.494. The highest BCUT2D eigenvalue weighted by Crippen LogP contribution is 2.13. The van der Waals surface area contributed by atoms with Gasteiger partial charge in [0.25, 0.3) is 0 Å². The molecule has 1 fully saturated rings. The number of ether oxygens (including phenoxy) is 1. The second kappa shape index (κ2) is 8.26. The number of rotatable bonds is 7. The maximum absolute atomic E-state index is 5.77. The molecule has 0 bridgehead atoms. The Bertz CT molecular complexity index is 626. The van der Waals surface area contributed by atoms with Crippen LogP contribution in [0.2, 0.25) is 0 Å². The third-order valence-electron chi connectivity index (χ3n) is 4.26. The first-order valence-corrected chi connectivity index (χ1v) is 8.63. The predicted molar refractivity (Wildman–Crippen MR) is 92.0 cm³/mol. The lowest BCUT2D eigenvalue weighted by molar-refractivity contribution is 0.173. The zero-order valence-electron chi connectivity index (χ0n) is 14.5. The van der Waals surface area contributed by atoms with Crippen LogP contribution < -0.4 is 10.1 Å². The molecule has 2 heterocycles. The molecule has 2 aromatic rings. The summed E-state index contributed by atoms with van der Waals surface area (Å²) in [7, 11) is 0. The van der Waals surface area contributed by atoms with Gasteiger partial charge in [0.15, 0.2) is 5.82 Å². The molecule has 1 saturated heterocycles. The van der Waals surface area contributed by atoms with Crippen molar-refractivity contribution in [2.75, 3.05) is 26.2 Å². The maximum atomic E-state index is 5.77. The van der Waals surface area contributed by atoms with E-state index in [0.717, 1.165) is 37.8 Å². The van der Waals surface area contributed by atoms with Crippen molar-refractivity contribution in [3.05, 3.63) is 41.5 Å². The Morgan fingerprint density at radius 3 is 2.88 bits per heavy atom. The van der Waals surface area contributed by atoms with E-state index in [1.54, 1.807) is 0 Å². The van der Waals surface area contributed by atoms with Crippen molar-refractivity contribution < 1.29 is 9.26 Å². The quantitative estimate of drug-likeness (QED) is 0.786. The number of nitrogens with zero attached hydrogens (tertiary/aromatic N) is 3. The molecule has 1 aromatic heterocycles. The summed E-state index contributed by atoms with van der Waals surface area (Å²) in [4.78, 5) is 6.67. The van der Waals surface area contributed by atoms with E-state index in [2.05, 4.69) is 39.4 Å². The summed E-state index contributed by atoms with van der Waals surface area (Å²) < 4.78 is 10.8. The van der Waals surface area contributed by atoms with Crippen LogP contribution in [0.25, 0.3) is 0 Å². The lowest BCUT2D eigenvalue weighted by Crippen LogP contribution is -2.46. The number of aryl methyl sites for hydroxylation is 2. The minimum atomic E-state index is 0.494. The van der Waals surface area contributed by atoms with Gasteiger partial charge in [-0.1, -0.05) is 22.9 Å². The second-order valence-corrected chi connectivity index (χ2v) is 6.42. The molecule has 1 unspecified atom stereocenters. The third-order valence-corrected chi connectivity index (χ3v) is 4.26. The summed E-state index contributed by atoms with van der Waals surface area (Å²) in [5.41, 5.74) is 1.25. The first kappa shape index (κ1) is 16.9. The van der Waals surface area contributed by atoms with Crippen LogP contribution >= 0.6 is 0 Å². The van der Waals surface area contributed by atoms with Gasteiger partial charge in [-0.05, 0) is 38.4 Å². The van der Waals surface area contributed by atoms with Crippen molar-refractivity contribution in [1.29, 1.82) is 0 Å². The lowest BCUT2D eigenvalue weighted by Gasteiger charge is -2.32. The van der Waals surface area contributed by atoms with E-state index in [4.69, 9.17) is 9.26 Å². The maximum Gasteiger partial charge on any atom is 0.223 e. The van der Waals surface area contributed by atoms with Crippen molar-refractivity contribution in [2.24, 2.45) is 0 Å². The van der Waals surface area contributed by atoms with Crippen LogP contribution in [0.1, 0.15) is 30.1 Å². The molecular formula is C18H26N4O2. The zero-order valence-corrected chi connectivity index (χ0v) is 14.5. The summed E-state index contributed by atoms with van der Waals surface area (Å²) >= 11 is 0. The molecule has 6 heteroatoms. The van der Waals surface area contributed by atoms with Gasteiger partial charge >= 0.3 is 0 Å². The van der Waals surface area contributed by atoms with Gasteiger partial charge in [0.05, 0.1) is 6.54 Å². The summed E-state index contributed by atoms with van der Waals surface area (Å²) in [5, 5.41) is 7.58. The van der Waals surface area contributed by atoms with Crippen LogP contribution in [0.15, 0.2) is 28.8 Å². The summed E-state index contributed by atoms with van der Waals surface area (Å²) in [6, 6.07) is 8.67. The SMILES string of the molecule is Cc1ccc(OCCNC2CCCN(Cc3noc(C)n3)C2)cc1. The van der Waals surface area contributed by atoms with Crippen LogP contribution in [0.5, 0.6) is 5.75 Å². The molecule has 1 N–H and O–H groups in total. The Balaban J connectivity index is 1.36. The van der Waals surface area contributed by atoms with Crippen LogP contribution in [-0.4, -0.2) is 47.3 Å². The minimum Gasteiger partial charge on any atom is -0.492 e. The van der Waals surface area contributed by atoms with E-state index < -0.39 is 0 Å². The molecule has 0 radical (unpaired) electrons. The van der Waals surface area contributed by atoms with Crippen LogP contribution in [0.4, 0.5) is 0 Å². The van der Waals surface area contributed by atoms with Crippen molar-refractivity contribution in [1.82, 2.24) is 20.4 Å². The molecule has 1 aliphatic rings. The molecule has 0 saturated carbocycles. The van der Waals surface area contributed by atoms with Gasteiger partial charge in [-0.15, -0.1) is 0 Å². The molecule has 130 valence electrons. The molecular weight excluding hydrogens is 304 g/mol. The average Bonchev–Trinajstić information content (AvgIpc) is 2.98. The van der Waals surface area contributed by atoms with Gasteiger partial charge < -0.3 is 14.6 Å². The number of nitrogens with one attached hydrogen (secondary N) is 1. The predicted octanol–water partition coefficient (Wildman–Crippen LogP) is 2.32. The number of aromatic nitrogens is 2. The van der Waals surface area contributed by atoms with Crippen LogP contribution in [0, 0.1) is 13.8 Å². The smallest absolute Gasteiger partial charge is 0.223 e. The van der Waals surface area contributed by atoms with E-state index in [1.807, 2.05) is 19.1 Å². The number of piperidine rings is 1. The Hall–Kier alpha value is -1.92. The lowest BCUT2D eigenvalue weighted by atomic mass is 10.1. The molecule has 0 spiro atoms. The van der Waals surface area contributed by atoms with Gasteiger partial charge in [-0.3, -0.25) is 4.90 Å². The van der Waals surface area contributed by atoms with Gasteiger partial charge in [0, 0.05) is 26.1 Å². The van der Waals surface area contributed by atoms with Gasteiger partial charge in [-0.2, -0.15) is 4.98 Å². The highest BCUT2D eigenvalue weighted by Gasteiger charge is 2.20. The van der Waals surface area contributed by atoms with Crippen molar-refractivity contribution in [3.63, 3.8) is 0 Å². The molecule has 3 rings (SSSR count). The second-order valence-electron chi connectivity index (χ2n) is 6.42. The third kappa shape index (κ3) is 5.04. The molecule has 1 aliphatic heterocycles. The molecule has 0 aliphatic carbocycles. The molecule has 0 amide bonds. The monoisotopic (exact) mass is 330 g/mol. The van der Waals surface area contributed by atoms with E-state index in [0.29, 0.717) is 18.5 Å². The molecule has 1 atom stereocenters. The molecule has 1 aromatic carbocycles. The standard InChI is InChI=1S/C18H26N4O2/c1-14-5-7-17(8-6-14)23-11-9-19-16-4-3-10-22(12-16)13-18-20-15(2)24-21-18/h5-8,16,19H,3-4,9-13H2,1-2H3. The van der Waals surface area contributed by atoms with Gasteiger partial charge in [0.1, 0.15) is 12.4 Å². The van der Waals surface area contributed by atoms with Crippen molar-refractivity contribution >= 4 is 0 Å². The van der Waals surface area contributed by atoms with E-state index in [-0.39, 0.29) is 0 Å². The fourth-order valence-electron chi connectivity index (χ4n) is 3.04. The van der Waals surface area contributed by atoms with Crippen molar-refractivity contribution in [2.45, 2.75) is 39.3 Å². The average molecular weight is 330 g/mol. The molecule has 6 nitrogen and oxygen atoms in total. The first-order valence-electron chi connectivity index (χ1n) is 8.63. The Kier molecular flexibility index (Phi) is 5.82. The van der Waals surface area contributed by atoms with E-state index >= 15 is 0 Å². The number of hydrogen-bond donors (Lipinski definition) is 1. The van der Waals surface area contributed by atoms with Crippen LogP contribution in [0.3, 0.4) is 0 Å². The normalized spacial score (nSPS) is 18.7. The number of benzene rings is 1. The Labute approximate surface area is 143 Å². The Morgan fingerprint density at radius 2 is 2.12 bits per heavy atom. The topological polar surface area (TPSA) is 63.4 Å². The van der Waals surface area contributed by atoms with Crippen LogP contribution in [-0.2, 0) is 6.54 Å².